The van der Waals surface area contributed by atoms with Gasteiger partial charge in [-0.1, -0.05) is 41.9 Å². The Morgan fingerprint density at radius 1 is 1.05 bits per heavy atom. The van der Waals surface area contributed by atoms with Gasteiger partial charge in [-0.15, -0.1) is 0 Å². The number of fused-ring (bicyclic) bond motifs is 2. The van der Waals surface area contributed by atoms with Crippen LogP contribution in [0.3, 0.4) is 0 Å². The fraction of sp³-hybridized carbons (Fsp3) is 0.345. The fourth-order valence-electron chi connectivity index (χ4n) is 6.33. The SMILES string of the molecule is NC(=O)c1cc2c(c(F)c1-c1c(Cl)c(F)cc3c1C[C@](c1ccccc1)([C@@H]1CC4(CC4)CN1)O3)OCCO2. The van der Waals surface area contributed by atoms with E-state index in [4.69, 9.17) is 31.5 Å². The molecule has 38 heavy (non-hydrogen) atoms. The first-order valence-electron chi connectivity index (χ1n) is 12.7. The van der Waals surface area contributed by atoms with E-state index in [1.807, 2.05) is 30.3 Å². The Morgan fingerprint density at radius 3 is 2.53 bits per heavy atom. The number of ether oxygens (including phenoxy) is 3. The first-order chi connectivity index (χ1) is 18.3. The number of nitrogens with one attached hydrogen (secondary N) is 1. The maximum atomic E-state index is 16.1. The van der Waals surface area contributed by atoms with Crippen molar-refractivity contribution in [1.29, 1.82) is 0 Å². The zero-order valence-electron chi connectivity index (χ0n) is 20.4. The molecule has 3 N–H and O–H groups in total. The number of rotatable bonds is 4. The molecule has 3 heterocycles. The minimum absolute atomic E-state index is 0.0434. The Hall–Kier alpha value is -3.36. The van der Waals surface area contributed by atoms with Crippen LogP contribution in [0.2, 0.25) is 5.02 Å². The van der Waals surface area contributed by atoms with Crippen LogP contribution in [0.1, 0.15) is 40.7 Å². The number of carbonyl (C=O) groups is 1. The molecule has 196 valence electrons. The van der Waals surface area contributed by atoms with Gasteiger partial charge in [0.2, 0.25) is 5.91 Å². The molecule has 2 atom stereocenters. The Balaban J connectivity index is 1.44. The smallest absolute Gasteiger partial charge is 0.249 e. The van der Waals surface area contributed by atoms with Gasteiger partial charge in [0.15, 0.2) is 22.9 Å². The summed E-state index contributed by atoms with van der Waals surface area (Å²) in [5.41, 5.74) is 6.16. The highest BCUT2D eigenvalue weighted by atomic mass is 35.5. The number of benzene rings is 3. The van der Waals surface area contributed by atoms with Gasteiger partial charge < -0.3 is 25.3 Å². The van der Waals surface area contributed by atoms with E-state index in [0.29, 0.717) is 12.0 Å². The molecule has 9 heteroatoms. The van der Waals surface area contributed by atoms with Gasteiger partial charge in [-0.2, -0.15) is 0 Å². The highest BCUT2D eigenvalue weighted by molar-refractivity contribution is 6.34. The second kappa shape index (κ2) is 8.32. The zero-order chi connectivity index (χ0) is 26.2. The maximum absolute atomic E-state index is 16.1. The molecule has 0 aromatic heterocycles. The van der Waals surface area contributed by atoms with Crippen molar-refractivity contribution in [2.45, 2.75) is 37.3 Å². The number of halogens is 3. The van der Waals surface area contributed by atoms with Gasteiger partial charge in [-0.25, -0.2) is 8.78 Å². The third kappa shape index (κ3) is 3.43. The van der Waals surface area contributed by atoms with Crippen LogP contribution in [0.15, 0.2) is 42.5 Å². The van der Waals surface area contributed by atoms with Crippen LogP contribution in [0.25, 0.3) is 11.1 Å². The summed E-state index contributed by atoms with van der Waals surface area (Å²) in [7, 11) is 0. The largest absolute Gasteiger partial charge is 0.486 e. The molecule has 4 aliphatic rings. The first kappa shape index (κ1) is 23.7. The van der Waals surface area contributed by atoms with Gasteiger partial charge in [-0.3, -0.25) is 4.79 Å². The van der Waals surface area contributed by atoms with E-state index in [1.165, 1.54) is 12.1 Å². The van der Waals surface area contributed by atoms with Crippen molar-refractivity contribution >= 4 is 17.5 Å². The van der Waals surface area contributed by atoms with E-state index >= 15 is 8.78 Å². The summed E-state index contributed by atoms with van der Waals surface area (Å²) < 4.78 is 49.2. The van der Waals surface area contributed by atoms with Crippen LogP contribution in [0, 0.1) is 17.0 Å². The summed E-state index contributed by atoms with van der Waals surface area (Å²) in [5.74, 6) is -2.40. The van der Waals surface area contributed by atoms with Crippen LogP contribution in [0.5, 0.6) is 17.2 Å². The molecule has 1 spiro atoms. The molecule has 1 aliphatic carbocycles. The van der Waals surface area contributed by atoms with Gasteiger partial charge in [0.1, 0.15) is 24.8 Å². The van der Waals surface area contributed by atoms with Gasteiger partial charge in [0.05, 0.1) is 16.6 Å². The second-order valence-electron chi connectivity index (χ2n) is 10.7. The Labute approximate surface area is 223 Å². The molecule has 1 saturated carbocycles. The van der Waals surface area contributed by atoms with Crippen molar-refractivity contribution in [2.24, 2.45) is 11.1 Å². The van der Waals surface area contributed by atoms with Crippen molar-refractivity contribution in [3.63, 3.8) is 0 Å². The molecule has 3 aromatic rings. The molecule has 1 saturated heterocycles. The van der Waals surface area contributed by atoms with Crippen molar-refractivity contribution in [3.05, 3.63) is 75.8 Å². The summed E-state index contributed by atoms with van der Waals surface area (Å²) in [6.45, 7) is 1.21. The van der Waals surface area contributed by atoms with E-state index in [-0.39, 0.29) is 63.6 Å². The van der Waals surface area contributed by atoms with Crippen LogP contribution < -0.4 is 25.3 Å². The highest BCUT2D eigenvalue weighted by Gasteiger charge is 2.58. The summed E-state index contributed by atoms with van der Waals surface area (Å²) >= 11 is 6.56. The predicted molar refractivity (Wildman–Crippen MR) is 137 cm³/mol. The molecule has 0 radical (unpaired) electrons. The number of hydrogen-bond donors (Lipinski definition) is 2. The number of primary amides is 1. The summed E-state index contributed by atoms with van der Waals surface area (Å²) in [5, 5.41) is 3.35. The number of hydrogen-bond acceptors (Lipinski definition) is 5. The van der Waals surface area contributed by atoms with E-state index in [1.54, 1.807) is 0 Å². The normalized spacial score (nSPS) is 24.2. The van der Waals surface area contributed by atoms with Gasteiger partial charge in [-0.05, 0) is 36.3 Å². The molecular formula is C29H25ClF2N2O4. The molecular weight excluding hydrogens is 514 g/mol. The molecule has 7 rings (SSSR count). The second-order valence-corrected chi connectivity index (χ2v) is 11.1. The lowest BCUT2D eigenvalue weighted by Gasteiger charge is -2.35. The molecule has 0 bridgehead atoms. The quantitative estimate of drug-likeness (QED) is 0.481. The monoisotopic (exact) mass is 538 g/mol. The summed E-state index contributed by atoms with van der Waals surface area (Å²) in [6.07, 6.45) is 3.52. The van der Waals surface area contributed by atoms with E-state index in [2.05, 4.69) is 5.32 Å². The topological polar surface area (TPSA) is 82.8 Å². The summed E-state index contributed by atoms with van der Waals surface area (Å²) in [4.78, 5) is 12.5. The molecule has 2 fully saturated rings. The van der Waals surface area contributed by atoms with Crippen molar-refractivity contribution in [2.75, 3.05) is 19.8 Å². The van der Waals surface area contributed by atoms with Crippen molar-refractivity contribution in [3.8, 4) is 28.4 Å². The number of amides is 1. The Kier molecular flexibility index (Phi) is 5.20. The minimum Gasteiger partial charge on any atom is -0.486 e. The molecule has 3 aliphatic heterocycles. The average molecular weight is 539 g/mol. The summed E-state index contributed by atoms with van der Waals surface area (Å²) in [6, 6.07) is 12.3. The third-order valence-electron chi connectivity index (χ3n) is 8.45. The van der Waals surface area contributed by atoms with E-state index < -0.39 is 23.1 Å². The lowest BCUT2D eigenvalue weighted by Crippen LogP contribution is -2.48. The average Bonchev–Trinajstić information content (AvgIpc) is 3.37. The predicted octanol–water partition coefficient (Wildman–Crippen LogP) is 5.13. The third-order valence-corrected chi connectivity index (χ3v) is 8.82. The van der Waals surface area contributed by atoms with Crippen LogP contribution in [-0.4, -0.2) is 31.7 Å². The maximum Gasteiger partial charge on any atom is 0.249 e. The number of carbonyl (C=O) groups excluding carboxylic acids is 1. The van der Waals surface area contributed by atoms with Gasteiger partial charge in [0.25, 0.3) is 0 Å². The van der Waals surface area contributed by atoms with Gasteiger partial charge in [0, 0.05) is 35.7 Å². The van der Waals surface area contributed by atoms with Gasteiger partial charge >= 0.3 is 0 Å². The molecule has 3 aromatic carbocycles. The minimum atomic E-state index is -0.897. The lowest BCUT2D eigenvalue weighted by molar-refractivity contribution is 0.0521. The fourth-order valence-corrected chi connectivity index (χ4v) is 6.59. The zero-order valence-corrected chi connectivity index (χ0v) is 21.2. The number of nitrogens with two attached hydrogens (primary N) is 1. The Morgan fingerprint density at radius 2 is 1.82 bits per heavy atom. The molecule has 6 nitrogen and oxygen atoms in total. The standard InChI is InChI=1S/C29H25ClF2N2O4/c30-24-18(31)11-19-17(22(24)23-16(27(33)35)10-20-26(25(23)32)37-9-8-36-20)12-29(38-19,15-4-2-1-3-5-15)21-13-28(6-7-28)14-34-21/h1-5,10-11,21,34H,6-9,12-14H2,(H2,33,35)/t21-,29-/m0/s1. The Bertz CT molecular complexity index is 1490. The van der Waals surface area contributed by atoms with E-state index in [0.717, 1.165) is 31.4 Å². The molecule has 1 amide bonds. The molecule has 0 unspecified atom stereocenters. The lowest BCUT2D eigenvalue weighted by atomic mass is 9.79. The van der Waals surface area contributed by atoms with Crippen molar-refractivity contribution in [1.82, 2.24) is 5.32 Å². The van der Waals surface area contributed by atoms with Crippen molar-refractivity contribution < 1.29 is 27.8 Å². The van der Waals surface area contributed by atoms with Crippen LogP contribution in [0.4, 0.5) is 8.78 Å². The van der Waals surface area contributed by atoms with E-state index in [9.17, 15) is 4.79 Å². The first-order valence-corrected chi connectivity index (χ1v) is 13.1. The van der Waals surface area contributed by atoms with Crippen LogP contribution in [-0.2, 0) is 12.0 Å². The van der Waals surface area contributed by atoms with Crippen LogP contribution >= 0.6 is 11.6 Å². The highest BCUT2D eigenvalue weighted by Crippen LogP contribution is 2.58.